The van der Waals surface area contributed by atoms with E-state index in [4.69, 9.17) is 0 Å². The molecule has 0 radical (unpaired) electrons. The zero-order valence-corrected chi connectivity index (χ0v) is 10.2. The molecule has 3 nitrogen and oxygen atoms in total. The molecule has 0 aliphatic heterocycles. The van der Waals surface area contributed by atoms with Gasteiger partial charge >= 0.3 is 0 Å². The summed E-state index contributed by atoms with van der Waals surface area (Å²) in [7, 11) is 1.39. The van der Waals surface area contributed by atoms with E-state index in [-0.39, 0.29) is 29.1 Å². The van der Waals surface area contributed by atoms with Crippen LogP contribution in [-0.4, -0.2) is 25.3 Å². The molecule has 0 heterocycles. The first-order chi connectivity index (χ1) is 7.54. The molecule has 0 saturated carbocycles. The number of carbonyl (C=O) groups is 2. The number of ether oxygens (including phenoxy) is 1. The first-order valence-electron chi connectivity index (χ1n) is 4.53. The minimum atomic E-state index is -0.445. The van der Waals surface area contributed by atoms with Gasteiger partial charge in [-0.25, -0.2) is 4.39 Å². The van der Waals surface area contributed by atoms with Gasteiger partial charge < -0.3 is 4.74 Å². The van der Waals surface area contributed by atoms with Gasteiger partial charge in [-0.3, -0.25) is 9.59 Å². The van der Waals surface area contributed by atoms with Crippen molar-refractivity contribution in [3.8, 4) is 0 Å². The van der Waals surface area contributed by atoms with Gasteiger partial charge in [-0.05, 0) is 34.1 Å². The second-order valence-electron chi connectivity index (χ2n) is 3.20. The van der Waals surface area contributed by atoms with Crippen LogP contribution >= 0.6 is 15.9 Å². The third-order valence-corrected chi connectivity index (χ3v) is 2.51. The van der Waals surface area contributed by atoms with Crippen LogP contribution in [0.2, 0.25) is 0 Å². The maximum absolute atomic E-state index is 12.9. The fraction of sp³-hybridized carbons (Fsp3) is 0.273. The van der Waals surface area contributed by atoms with Crippen LogP contribution < -0.4 is 0 Å². The summed E-state index contributed by atoms with van der Waals surface area (Å²) in [5.41, 5.74) is 0.303. The van der Waals surface area contributed by atoms with Crippen molar-refractivity contribution in [3.63, 3.8) is 0 Å². The first kappa shape index (κ1) is 13.0. The molecule has 0 saturated heterocycles. The summed E-state index contributed by atoms with van der Waals surface area (Å²) < 4.78 is 17.7. The molecule has 0 amide bonds. The maximum atomic E-state index is 12.9. The molecule has 0 aliphatic rings. The molecule has 0 unspecified atom stereocenters. The summed E-state index contributed by atoms with van der Waals surface area (Å²) in [5.74, 6) is -1.09. The monoisotopic (exact) mass is 288 g/mol. The van der Waals surface area contributed by atoms with E-state index in [1.807, 2.05) is 0 Å². The van der Waals surface area contributed by atoms with Crippen molar-refractivity contribution in [2.24, 2.45) is 0 Å². The lowest BCUT2D eigenvalue weighted by Crippen LogP contribution is -2.13. The molecule has 0 spiro atoms. The van der Waals surface area contributed by atoms with Crippen molar-refractivity contribution in [3.05, 3.63) is 34.1 Å². The van der Waals surface area contributed by atoms with Gasteiger partial charge in [0.25, 0.3) is 0 Å². The molecule has 0 bridgehead atoms. The standard InChI is InChI=1S/C11H10BrFO3/c1-16-6-8(14)5-11(15)7-2-3-10(13)9(12)4-7/h2-4H,5-6H2,1H3. The maximum Gasteiger partial charge on any atom is 0.170 e. The molecule has 1 aromatic carbocycles. The third-order valence-electron chi connectivity index (χ3n) is 1.90. The van der Waals surface area contributed by atoms with E-state index in [0.29, 0.717) is 5.56 Å². The van der Waals surface area contributed by atoms with Crippen molar-refractivity contribution < 1.29 is 18.7 Å². The van der Waals surface area contributed by atoms with Crippen LogP contribution in [0, 0.1) is 5.82 Å². The highest BCUT2D eigenvalue weighted by molar-refractivity contribution is 9.10. The summed E-state index contributed by atoms with van der Waals surface area (Å²) in [6.45, 7) is -0.0892. The predicted octanol–water partition coefficient (Wildman–Crippen LogP) is 2.38. The van der Waals surface area contributed by atoms with Gasteiger partial charge in [0.1, 0.15) is 12.4 Å². The van der Waals surface area contributed by atoms with E-state index in [9.17, 15) is 14.0 Å². The third kappa shape index (κ3) is 3.50. The number of methoxy groups -OCH3 is 1. The van der Waals surface area contributed by atoms with Crippen LogP contribution in [0.3, 0.4) is 0 Å². The summed E-state index contributed by atoms with van der Waals surface area (Å²) in [5, 5.41) is 0. The highest BCUT2D eigenvalue weighted by atomic mass is 79.9. The van der Waals surface area contributed by atoms with Crippen LogP contribution in [0.15, 0.2) is 22.7 Å². The molecule has 0 aromatic heterocycles. The fourth-order valence-corrected chi connectivity index (χ4v) is 1.54. The van der Waals surface area contributed by atoms with Gasteiger partial charge in [-0.2, -0.15) is 0 Å². The molecule has 0 atom stereocenters. The first-order valence-corrected chi connectivity index (χ1v) is 5.32. The normalized spacial score (nSPS) is 10.2. The minimum absolute atomic E-state index is 0.0892. The highest BCUT2D eigenvalue weighted by Gasteiger charge is 2.12. The molecule has 0 fully saturated rings. The van der Waals surface area contributed by atoms with Gasteiger partial charge in [-0.15, -0.1) is 0 Å². The highest BCUT2D eigenvalue weighted by Crippen LogP contribution is 2.17. The Hall–Kier alpha value is -1.07. The molecule has 0 aliphatic carbocycles. The molecule has 5 heteroatoms. The smallest absolute Gasteiger partial charge is 0.170 e. The predicted molar refractivity (Wildman–Crippen MR) is 59.9 cm³/mol. The fourth-order valence-electron chi connectivity index (χ4n) is 1.16. The van der Waals surface area contributed by atoms with Crippen LogP contribution in [0.4, 0.5) is 4.39 Å². The second-order valence-corrected chi connectivity index (χ2v) is 4.05. The van der Waals surface area contributed by atoms with Crippen molar-refractivity contribution in [1.82, 2.24) is 0 Å². The Kier molecular flexibility index (Phi) is 4.76. The van der Waals surface area contributed by atoms with Crippen LogP contribution in [0.1, 0.15) is 16.8 Å². The Balaban J connectivity index is 2.73. The zero-order valence-electron chi connectivity index (χ0n) is 8.63. The number of benzene rings is 1. The van der Waals surface area contributed by atoms with Gasteiger partial charge in [0, 0.05) is 12.7 Å². The van der Waals surface area contributed by atoms with Crippen LogP contribution in [0.5, 0.6) is 0 Å². The Labute approximate surface area is 101 Å². The van der Waals surface area contributed by atoms with Crippen molar-refractivity contribution >= 4 is 27.5 Å². The Morgan fingerprint density at radius 2 is 2.12 bits per heavy atom. The molecular formula is C11H10BrFO3. The molecule has 1 aromatic rings. The topological polar surface area (TPSA) is 43.4 Å². The second kappa shape index (κ2) is 5.86. The molecule has 86 valence electrons. The van der Waals surface area contributed by atoms with E-state index in [2.05, 4.69) is 20.7 Å². The van der Waals surface area contributed by atoms with E-state index in [1.165, 1.54) is 25.3 Å². The number of rotatable bonds is 5. The number of hydrogen-bond acceptors (Lipinski definition) is 3. The van der Waals surface area contributed by atoms with E-state index >= 15 is 0 Å². The Morgan fingerprint density at radius 1 is 1.44 bits per heavy atom. The lowest BCUT2D eigenvalue weighted by molar-refractivity contribution is -0.121. The number of Topliss-reactive ketones (excluding diaryl/α,β-unsaturated/α-hetero) is 2. The summed E-state index contributed by atoms with van der Waals surface area (Å²) in [6, 6.07) is 3.89. The average molecular weight is 289 g/mol. The minimum Gasteiger partial charge on any atom is -0.377 e. The van der Waals surface area contributed by atoms with Gasteiger partial charge in [0.2, 0.25) is 0 Å². The van der Waals surface area contributed by atoms with E-state index in [1.54, 1.807) is 0 Å². The number of ketones is 2. The van der Waals surface area contributed by atoms with Gasteiger partial charge in [-0.1, -0.05) is 0 Å². The Morgan fingerprint density at radius 3 is 2.69 bits per heavy atom. The van der Waals surface area contributed by atoms with Crippen molar-refractivity contribution in [2.45, 2.75) is 6.42 Å². The summed E-state index contributed by atoms with van der Waals surface area (Å²) in [4.78, 5) is 22.7. The lowest BCUT2D eigenvalue weighted by Gasteiger charge is -2.01. The van der Waals surface area contributed by atoms with Crippen molar-refractivity contribution in [1.29, 1.82) is 0 Å². The lowest BCUT2D eigenvalue weighted by atomic mass is 10.1. The number of carbonyl (C=O) groups excluding carboxylic acids is 2. The molecule has 0 N–H and O–H groups in total. The van der Waals surface area contributed by atoms with E-state index < -0.39 is 5.82 Å². The van der Waals surface area contributed by atoms with E-state index in [0.717, 1.165) is 0 Å². The SMILES string of the molecule is COCC(=O)CC(=O)c1ccc(F)c(Br)c1. The van der Waals surface area contributed by atoms with Crippen molar-refractivity contribution in [2.75, 3.05) is 13.7 Å². The quantitative estimate of drug-likeness (QED) is 0.617. The summed E-state index contributed by atoms with van der Waals surface area (Å²) in [6.07, 6.45) is -0.230. The zero-order chi connectivity index (χ0) is 12.1. The molecular weight excluding hydrogens is 279 g/mol. The number of hydrogen-bond donors (Lipinski definition) is 0. The molecule has 16 heavy (non-hydrogen) atoms. The van der Waals surface area contributed by atoms with Gasteiger partial charge in [0.05, 0.1) is 10.9 Å². The average Bonchev–Trinajstić information content (AvgIpc) is 2.22. The Bertz CT molecular complexity index is 418. The van der Waals surface area contributed by atoms with Gasteiger partial charge in [0.15, 0.2) is 11.6 Å². The van der Waals surface area contributed by atoms with Crippen LogP contribution in [0.25, 0.3) is 0 Å². The largest absolute Gasteiger partial charge is 0.377 e. The number of halogens is 2. The van der Waals surface area contributed by atoms with Crippen LogP contribution in [-0.2, 0) is 9.53 Å². The molecule has 1 rings (SSSR count). The summed E-state index contributed by atoms with van der Waals surface area (Å²) >= 11 is 2.97.